The third-order valence-electron chi connectivity index (χ3n) is 3.96. The van der Waals surface area contributed by atoms with Gasteiger partial charge in [-0.3, -0.25) is 4.79 Å². The highest BCUT2D eigenvalue weighted by molar-refractivity contribution is 7.12. The Bertz CT molecular complexity index is 935. The van der Waals surface area contributed by atoms with Gasteiger partial charge in [-0.05, 0) is 23.9 Å². The van der Waals surface area contributed by atoms with Crippen molar-refractivity contribution in [2.45, 2.75) is 6.92 Å². The molecule has 26 heavy (non-hydrogen) atoms. The summed E-state index contributed by atoms with van der Waals surface area (Å²) in [4.78, 5) is 13.5. The van der Waals surface area contributed by atoms with Crippen molar-refractivity contribution < 1.29 is 14.3 Å². The van der Waals surface area contributed by atoms with Gasteiger partial charge in [0.15, 0.2) is 0 Å². The van der Waals surface area contributed by atoms with E-state index < -0.39 is 0 Å². The van der Waals surface area contributed by atoms with Gasteiger partial charge >= 0.3 is 0 Å². The Morgan fingerprint density at radius 1 is 1.04 bits per heavy atom. The summed E-state index contributed by atoms with van der Waals surface area (Å²) in [6.07, 6.45) is 0. The van der Waals surface area contributed by atoms with Crippen molar-refractivity contribution in [2.75, 3.05) is 19.5 Å². The number of amides is 1. The number of carbonyl (C=O) groups is 1. The fourth-order valence-electron chi connectivity index (χ4n) is 2.58. The van der Waals surface area contributed by atoms with Crippen molar-refractivity contribution in [2.24, 2.45) is 0 Å². The fourth-order valence-corrected chi connectivity index (χ4v) is 3.62. The standard InChI is InChI=1S/C20H18ClNO3S/c1-12-4-6-13(7-5-12)14-8-9-26-19(14)20(23)22-16-11-17(24-2)15(21)10-18(16)25-3/h4-11H,1-3H3,(H,22,23). The predicted octanol–water partition coefficient (Wildman–Crippen LogP) is 5.65. The number of hydrogen-bond acceptors (Lipinski definition) is 4. The van der Waals surface area contributed by atoms with Crippen LogP contribution in [-0.2, 0) is 0 Å². The zero-order chi connectivity index (χ0) is 18.7. The monoisotopic (exact) mass is 387 g/mol. The lowest BCUT2D eigenvalue weighted by atomic mass is 10.0. The first-order chi connectivity index (χ1) is 12.5. The first-order valence-electron chi connectivity index (χ1n) is 7.91. The second kappa shape index (κ2) is 7.81. The number of benzene rings is 2. The number of nitrogens with one attached hydrogen (secondary N) is 1. The van der Waals surface area contributed by atoms with E-state index in [1.807, 2.05) is 42.6 Å². The van der Waals surface area contributed by atoms with E-state index in [-0.39, 0.29) is 5.91 Å². The smallest absolute Gasteiger partial charge is 0.266 e. The molecule has 0 fully saturated rings. The van der Waals surface area contributed by atoms with E-state index in [0.717, 1.165) is 11.1 Å². The van der Waals surface area contributed by atoms with Crippen molar-refractivity contribution in [1.29, 1.82) is 0 Å². The molecule has 0 saturated heterocycles. The number of thiophene rings is 1. The van der Waals surface area contributed by atoms with Crippen LogP contribution in [0.4, 0.5) is 5.69 Å². The molecule has 0 aliphatic rings. The highest BCUT2D eigenvalue weighted by atomic mass is 35.5. The van der Waals surface area contributed by atoms with E-state index in [9.17, 15) is 4.79 Å². The number of rotatable bonds is 5. The van der Waals surface area contributed by atoms with Gasteiger partial charge in [0.05, 0.1) is 29.8 Å². The van der Waals surface area contributed by atoms with E-state index in [1.54, 1.807) is 12.1 Å². The maximum absolute atomic E-state index is 12.9. The van der Waals surface area contributed by atoms with Gasteiger partial charge in [-0.1, -0.05) is 41.4 Å². The van der Waals surface area contributed by atoms with Crippen LogP contribution < -0.4 is 14.8 Å². The Kier molecular flexibility index (Phi) is 5.49. The van der Waals surface area contributed by atoms with Crippen LogP contribution in [0, 0.1) is 6.92 Å². The summed E-state index contributed by atoms with van der Waals surface area (Å²) in [5.41, 5.74) is 3.57. The number of hydrogen-bond donors (Lipinski definition) is 1. The maximum Gasteiger partial charge on any atom is 0.266 e. The van der Waals surface area contributed by atoms with Gasteiger partial charge in [-0.15, -0.1) is 11.3 Å². The predicted molar refractivity (Wildman–Crippen MR) is 107 cm³/mol. The molecule has 4 nitrogen and oxygen atoms in total. The normalized spacial score (nSPS) is 10.5. The summed E-state index contributed by atoms with van der Waals surface area (Å²) in [6, 6.07) is 13.3. The molecule has 0 saturated carbocycles. The summed E-state index contributed by atoms with van der Waals surface area (Å²) >= 11 is 7.51. The lowest BCUT2D eigenvalue weighted by Crippen LogP contribution is -2.12. The van der Waals surface area contributed by atoms with Gasteiger partial charge in [-0.2, -0.15) is 0 Å². The number of aryl methyl sites for hydroxylation is 1. The van der Waals surface area contributed by atoms with Crippen LogP contribution in [0.5, 0.6) is 11.5 Å². The number of methoxy groups -OCH3 is 2. The van der Waals surface area contributed by atoms with Crippen LogP contribution in [0.2, 0.25) is 5.02 Å². The van der Waals surface area contributed by atoms with Crippen LogP contribution >= 0.6 is 22.9 Å². The largest absolute Gasteiger partial charge is 0.495 e. The highest BCUT2D eigenvalue weighted by Crippen LogP contribution is 2.37. The lowest BCUT2D eigenvalue weighted by Gasteiger charge is -2.13. The molecule has 1 aromatic heterocycles. The highest BCUT2D eigenvalue weighted by Gasteiger charge is 2.18. The molecule has 0 radical (unpaired) electrons. The zero-order valence-electron chi connectivity index (χ0n) is 14.6. The third-order valence-corrected chi connectivity index (χ3v) is 5.16. The van der Waals surface area contributed by atoms with E-state index >= 15 is 0 Å². The Balaban J connectivity index is 1.93. The van der Waals surface area contributed by atoms with Crippen molar-refractivity contribution in [3.63, 3.8) is 0 Å². The van der Waals surface area contributed by atoms with Crippen molar-refractivity contribution in [1.82, 2.24) is 0 Å². The summed E-state index contributed by atoms with van der Waals surface area (Å²) in [5, 5.41) is 5.22. The van der Waals surface area contributed by atoms with Gasteiger partial charge < -0.3 is 14.8 Å². The Labute approximate surface area is 161 Å². The Hall–Kier alpha value is -2.50. The lowest BCUT2D eigenvalue weighted by molar-refractivity contribution is 0.103. The molecule has 0 bridgehead atoms. The topological polar surface area (TPSA) is 47.6 Å². The summed E-state index contributed by atoms with van der Waals surface area (Å²) in [7, 11) is 3.05. The minimum absolute atomic E-state index is 0.210. The second-order valence-electron chi connectivity index (χ2n) is 5.67. The van der Waals surface area contributed by atoms with Crippen molar-refractivity contribution >= 4 is 34.5 Å². The van der Waals surface area contributed by atoms with Crippen LogP contribution in [0.15, 0.2) is 47.8 Å². The molecule has 2 aromatic carbocycles. The first-order valence-corrected chi connectivity index (χ1v) is 9.16. The zero-order valence-corrected chi connectivity index (χ0v) is 16.2. The molecule has 1 N–H and O–H groups in total. The second-order valence-corrected chi connectivity index (χ2v) is 6.99. The Morgan fingerprint density at radius 3 is 2.38 bits per heavy atom. The molecule has 0 spiro atoms. The van der Waals surface area contributed by atoms with Gasteiger partial charge in [0.1, 0.15) is 11.5 Å². The third kappa shape index (κ3) is 3.69. The molecule has 1 heterocycles. The summed E-state index contributed by atoms with van der Waals surface area (Å²) in [5.74, 6) is 0.726. The van der Waals surface area contributed by atoms with E-state index in [2.05, 4.69) is 5.32 Å². The summed E-state index contributed by atoms with van der Waals surface area (Å²) < 4.78 is 10.5. The minimum Gasteiger partial charge on any atom is -0.495 e. The molecule has 134 valence electrons. The molecule has 3 aromatic rings. The van der Waals surface area contributed by atoms with Crippen LogP contribution in [0.25, 0.3) is 11.1 Å². The molecular formula is C20H18ClNO3S. The fraction of sp³-hybridized carbons (Fsp3) is 0.150. The van der Waals surface area contributed by atoms with Gasteiger partial charge in [0.2, 0.25) is 0 Å². The maximum atomic E-state index is 12.9. The number of halogens is 1. The number of carbonyl (C=O) groups excluding carboxylic acids is 1. The molecule has 3 rings (SSSR count). The number of anilines is 1. The molecular weight excluding hydrogens is 370 g/mol. The molecule has 0 unspecified atom stereocenters. The quantitative estimate of drug-likeness (QED) is 0.615. The van der Waals surface area contributed by atoms with E-state index in [4.69, 9.17) is 21.1 Å². The van der Waals surface area contributed by atoms with Crippen LogP contribution in [-0.4, -0.2) is 20.1 Å². The van der Waals surface area contributed by atoms with Crippen LogP contribution in [0.3, 0.4) is 0 Å². The van der Waals surface area contributed by atoms with E-state index in [1.165, 1.54) is 31.1 Å². The van der Waals surface area contributed by atoms with Crippen LogP contribution in [0.1, 0.15) is 15.2 Å². The molecule has 0 aliphatic heterocycles. The summed E-state index contributed by atoms with van der Waals surface area (Å²) in [6.45, 7) is 2.03. The number of ether oxygens (including phenoxy) is 2. The minimum atomic E-state index is -0.210. The molecule has 0 atom stereocenters. The average Bonchev–Trinajstić information content (AvgIpc) is 3.13. The molecule has 0 aliphatic carbocycles. The Morgan fingerprint density at radius 2 is 1.73 bits per heavy atom. The van der Waals surface area contributed by atoms with E-state index in [0.29, 0.717) is 27.1 Å². The SMILES string of the molecule is COc1cc(NC(=O)c2sccc2-c2ccc(C)cc2)c(OC)cc1Cl. The average molecular weight is 388 g/mol. The first kappa shape index (κ1) is 18.3. The van der Waals surface area contributed by atoms with Crippen molar-refractivity contribution in [3.05, 3.63) is 63.3 Å². The molecule has 6 heteroatoms. The van der Waals surface area contributed by atoms with Gasteiger partial charge in [0.25, 0.3) is 5.91 Å². The van der Waals surface area contributed by atoms with Gasteiger partial charge in [0, 0.05) is 17.7 Å². The van der Waals surface area contributed by atoms with Crippen molar-refractivity contribution in [3.8, 4) is 22.6 Å². The van der Waals surface area contributed by atoms with Gasteiger partial charge in [-0.25, -0.2) is 0 Å². The molecule has 1 amide bonds.